The molecule has 0 aliphatic rings. The Bertz CT molecular complexity index is 686. The highest BCUT2D eigenvalue weighted by Gasteiger charge is 2.15. The van der Waals surface area contributed by atoms with Crippen LogP contribution < -0.4 is 5.32 Å². The number of anilines is 1. The molecule has 22 heavy (non-hydrogen) atoms. The van der Waals surface area contributed by atoms with Crippen molar-refractivity contribution in [2.24, 2.45) is 0 Å². The van der Waals surface area contributed by atoms with Gasteiger partial charge in [0.2, 0.25) is 0 Å². The summed E-state index contributed by atoms with van der Waals surface area (Å²) in [6, 6.07) is 5.97. The van der Waals surface area contributed by atoms with Gasteiger partial charge in [-0.2, -0.15) is 0 Å². The van der Waals surface area contributed by atoms with Gasteiger partial charge in [-0.15, -0.1) is 0 Å². The predicted octanol–water partition coefficient (Wildman–Crippen LogP) is 4.02. The van der Waals surface area contributed by atoms with E-state index < -0.39 is 0 Å². The molecule has 0 spiro atoms. The van der Waals surface area contributed by atoms with Crippen LogP contribution in [-0.2, 0) is 6.42 Å². The van der Waals surface area contributed by atoms with Crippen LogP contribution in [0.3, 0.4) is 0 Å². The molecule has 116 valence electrons. The average molecular weight is 315 g/mol. The molecule has 4 nitrogen and oxygen atoms in total. The Kier molecular flexibility index (Phi) is 5.55. The summed E-state index contributed by atoms with van der Waals surface area (Å²) in [5.74, 6) is -0.150. The number of thioether (sulfide) groups is 1. The van der Waals surface area contributed by atoms with E-state index in [0.717, 1.165) is 29.8 Å². The molecule has 0 bridgehead atoms. The molecule has 0 saturated carbocycles. The number of rotatable bonds is 5. The Hall–Kier alpha value is -1.88. The van der Waals surface area contributed by atoms with Crippen molar-refractivity contribution >= 4 is 23.4 Å². The lowest BCUT2D eigenvalue weighted by molar-refractivity contribution is 0.102. The van der Waals surface area contributed by atoms with Gasteiger partial charge >= 0.3 is 0 Å². The Morgan fingerprint density at radius 3 is 2.73 bits per heavy atom. The van der Waals surface area contributed by atoms with Crippen LogP contribution in [0, 0.1) is 13.8 Å². The second kappa shape index (κ2) is 7.40. The third-order valence-electron chi connectivity index (χ3n) is 3.39. The average Bonchev–Trinajstić information content (AvgIpc) is 2.50. The standard InChI is InChI=1S/C17H21N3OS/c1-5-6-15-13(10-18-17(20-15)22-4)16(21)19-14-8-7-11(2)9-12(14)3/h7-10H,5-6H2,1-4H3,(H,19,21). The van der Waals surface area contributed by atoms with Crippen molar-refractivity contribution in [3.05, 3.63) is 46.8 Å². The molecular weight excluding hydrogens is 294 g/mol. The molecule has 0 aliphatic carbocycles. The van der Waals surface area contributed by atoms with Crippen molar-refractivity contribution in [3.63, 3.8) is 0 Å². The van der Waals surface area contributed by atoms with Crippen LogP contribution in [0.5, 0.6) is 0 Å². The zero-order valence-electron chi connectivity index (χ0n) is 13.4. The number of amides is 1. The third-order valence-corrected chi connectivity index (χ3v) is 3.95. The number of benzene rings is 1. The van der Waals surface area contributed by atoms with Crippen molar-refractivity contribution < 1.29 is 4.79 Å². The Labute approximate surface area is 135 Å². The van der Waals surface area contributed by atoms with Crippen molar-refractivity contribution in [2.45, 2.75) is 38.8 Å². The minimum Gasteiger partial charge on any atom is -0.322 e. The van der Waals surface area contributed by atoms with E-state index in [2.05, 4.69) is 28.3 Å². The predicted molar refractivity (Wildman–Crippen MR) is 91.7 cm³/mol. The van der Waals surface area contributed by atoms with Crippen LogP contribution in [-0.4, -0.2) is 22.1 Å². The highest BCUT2D eigenvalue weighted by atomic mass is 32.2. The van der Waals surface area contributed by atoms with Gasteiger partial charge in [-0.1, -0.05) is 42.8 Å². The van der Waals surface area contributed by atoms with E-state index in [0.29, 0.717) is 10.7 Å². The summed E-state index contributed by atoms with van der Waals surface area (Å²) in [4.78, 5) is 21.3. The van der Waals surface area contributed by atoms with Crippen LogP contribution >= 0.6 is 11.8 Å². The largest absolute Gasteiger partial charge is 0.322 e. The highest BCUT2D eigenvalue weighted by Crippen LogP contribution is 2.19. The molecule has 1 aromatic heterocycles. The molecule has 1 aromatic carbocycles. The van der Waals surface area contributed by atoms with E-state index in [9.17, 15) is 4.79 Å². The fourth-order valence-electron chi connectivity index (χ4n) is 2.26. The summed E-state index contributed by atoms with van der Waals surface area (Å²) < 4.78 is 0. The first-order valence-electron chi connectivity index (χ1n) is 7.33. The lowest BCUT2D eigenvalue weighted by Gasteiger charge is -2.11. The molecule has 1 heterocycles. The van der Waals surface area contributed by atoms with Gasteiger partial charge in [0.1, 0.15) is 0 Å². The Balaban J connectivity index is 2.28. The molecule has 2 aromatic rings. The van der Waals surface area contributed by atoms with Crippen LogP contribution in [0.2, 0.25) is 0 Å². The van der Waals surface area contributed by atoms with Gasteiger partial charge in [-0.25, -0.2) is 9.97 Å². The molecule has 0 unspecified atom stereocenters. The minimum absolute atomic E-state index is 0.150. The van der Waals surface area contributed by atoms with Gasteiger partial charge in [-0.3, -0.25) is 4.79 Å². The van der Waals surface area contributed by atoms with Crippen molar-refractivity contribution in [1.29, 1.82) is 0 Å². The summed E-state index contributed by atoms with van der Waals surface area (Å²) in [6.45, 7) is 6.10. The molecule has 0 atom stereocenters. The maximum Gasteiger partial charge on any atom is 0.259 e. The molecule has 0 radical (unpaired) electrons. The summed E-state index contributed by atoms with van der Waals surface area (Å²) in [7, 11) is 0. The summed E-state index contributed by atoms with van der Waals surface area (Å²) >= 11 is 1.48. The number of hydrogen-bond donors (Lipinski definition) is 1. The summed E-state index contributed by atoms with van der Waals surface area (Å²) in [5.41, 5.74) is 4.41. The third kappa shape index (κ3) is 3.85. The first-order valence-corrected chi connectivity index (χ1v) is 8.56. The lowest BCUT2D eigenvalue weighted by atomic mass is 10.1. The Morgan fingerprint density at radius 1 is 1.32 bits per heavy atom. The topological polar surface area (TPSA) is 54.9 Å². The quantitative estimate of drug-likeness (QED) is 0.669. The van der Waals surface area contributed by atoms with E-state index in [1.54, 1.807) is 6.20 Å². The molecule has 0 aliphatic heterocycles. The van der Waals surface area contributed by atoms with E-state index in [-0.39, 0.29) is 5.91 Å². The number of nitrogens with one attached hydrogen (secondary N) is 1. The van der Waals surface area contributed by atoms with E-state index in [4.69, 9.17) is 0 Å². The zero-order valence-corrected chi connectivity index (χ0v) is 14.3. The molecule has 1 amide bonds. The van der Waals surface area contributed by atoms with E-state index in [1.165, 1.54) is 17.3 Å². The summed E-state index contributed by atoms with van der Waals surface area (Å²) in [5, 5.41) is 3.66. The fourth-order valence-corrected chi connectivity index (χ4v) is 2.62. The second-order valence-electron chi connectivity index (χ2n) is 5.24. The molecule has 2 rings (SSSR count). The van der Waals surface area contributed by atoms with Crippen LogP contribution in [0.1, 0.15) is 40.5 Å². The van der Waals surface area contributed by atoms with Gasteiger partial charge in [-0.05, 0) is 38.2 Å². The zero-order chi connectivity index (χ0) is 16.1. The smallest absolute Gasteiger partial charge is 0.259 e. The minimum atomic E-state index is -0.150. The summed E-state index contributed by atoms with van der Waals surface area (Å²) in [6.07, 6.45) is 5.27. The lowest BCUT2D eigenvalue weighted by Crippen LogP contribution is -2.17. The maximum absolute atomic E-state index is 12.5. The van der Waals surface area contributed by atoms with Crippen LogP contribution in [0.25, 0.3) is 0 Å². The van der Waals surface area contributed by atoms with E-state index >= 15 is 0 Å². The fraction of sp³-hybridized carbons (Fsp3) is 0.353. The number of aryl methyl sites for hydroxylation is 3. The van der Waals surface area contributed by atoms with Gasteiger partial charge in [0, 0.05) is 11.9 Å². The second-order valence-corrected chi connectivity index (χ2v) is 6.01. The molecular formula is C17H21N3OS. The van der Waals surface area contributed by atoms with E-state index in [1.807, 2.05) is 32.2 Å². The highest BCUT2D eigenvalue weighted by molar-refractivity contribution is 7.98. The van der Waals surface area contributed by atoms with Crippen LogP contribution in [0.15, 0.2) is 29.6 Å². The number of nitrogens with zero attached hydrogens (tertiary/aromatic N) is 2. The SMILES string of the molecule is CCCc1nc(SC)ncc1C(=O)Nc1ccc(C)cc1C. The monoisotopic (exact) mass is 315 g/mol. The number of aromatic nitrogens is 2. The normalized spacial score (nSPS) is 10.5. The first-order chi connectivity index (χ1) is 10.5. The van der Waals surface area contributed by atoms with Crippen molar-refractivity contribution in [1.82, 2.24) is 9.97 Å². The maximum atomic E-state index is 12.5. The molecule has 5 heteroatoms. The van der Waals surface area contributed by atoms with Gasteiger partial charge < -0.3 is 5.32 Å². The van der Waals surface area contributed by atoms with Crippen molar-refractivity contribution in [2.75, 3.05) is 11.6 Å². The van der Waals surface area contributed by atoms with Gasteiger partial charge in [0.05, 0.1) is 11.3 Å². The number of hydrogen-bond acceptors (Lipinski definition) is 4. The van der Waals surface area contributed by atoms with Crippen LogP contribution in [0.4, 0.5) is 5.69 Å². The number of carbonyl (C=O) groups excluding carboxylic acids is 1. The first kappa shape index (κ1) is 16.5. The van der Waals surface area contributed by atoms with Crippen molar-refractivity contribution in [3.8, 4) is 0 Å². The number of carbonyl (C=O) groups is 1. The van der Waals surface area contributed by atoms with Gasteiger partial charge in [0.15, 0.2) is 5.16 Å². The molecule has 0 saturated heterocycles. The molecule has 1 N–H and O–H groups in total. The Morgan fingerprint density at radius 2 is 2.09 bits per heavy atom. The molecule has 0 fully saturated rings. The van der Waals surface area contributed by atoms with Gasteiger partial charge in [0.25, 0.3) is 5.91 Å².